The van der Waals surface area contributed by atoms with Crippen molar-refractivity contribution in [3.63, 3.8) is 0 Å². The summed E-state index contributed by atoms with van der Waals surface area (Å²) in [6, 6.07) is 5.41. The average molecular weight is 249 g/mol. The molecule has 0 heterocycles. The van der Waals surface area contributed by atoms with Gasteiger partial charge in [0.25, 0.3) is 0 Å². The maximum atomic E-state index is 7.06. The number of rotatable bonds is 4. The molecule has 0 aliphatic carbocycles. The molecule has 0 spiro atoms. The molecule has 0 saturated heterocycles. The van der Waals surface area contributed by atoms with Crippen molar-refractivity contribution in [1.29, 1.82) is 5.41 Å². The minimum Gasteiger partial charge on any atom is -0.387 e. The van der Waals surface area contributed by atoms with E-state index in [-0.39, 0.29) is 5.84 Å². The summed E-state index contributed by atoms with van der Waals surface area (Å²) in [5.41, 5.74) is 6.13. The summed E-state index contributed by atoms with van der Waals surface area (Å²) in [5, 5.41) is 8.38. The smallest absolute Gasteiger partial charge is 0.101 e. The van der Waals surface area contributed by atoms with E-state index in [2.05, 4.69) is 0 Å². The Morgan fingerprint density at radius 1 is 1.36 bits per heavy atom. The van der Waals surface area contributed by atoms with Gasteiger partial charge in [0.2, 0.25) is 0 Å². The van der Waals surface area contributed by atoms with Crippen molar-refractivity contribution in [2.75, 3.05) is 5.75 Å². The molecule has 5 heteroatoms. The van der Waals surface area contributed by atoms with Crippen LogP contribution < -0.4 is 5.73 Å². The Kier molecular flexibility index (Phi) is 4.58. The average Bonchev–Trinajstić information content (AvgIpc) is 2.09. The van der Waals surface area contributed by atoms with Gasteiger partial charge in [0.1, 0.15) is 5.84 Å². The Balaban J connectivity index is 2.62. The molecule has 0 bridgehead atoms. The fraction of sp³-hybridized carbons (Fsp3) is 0.222. The van der Waals surface area contributed by atoms with Gasteiger partial charge in [-0.05, 0) is 17.7 Å². The maximum Gasteiger partial charge on any atom is 0.101 e. The highest BCUT2D eigenvalue weighted by Crippen LogP contribution is 2.27. The quantitative estimate of drug-likeness (QED) is 0.636. The monoisotopic (exact) mass is 248 g/mol. The summed E-state index contributed by atoms with van der Waals surface area (Å²) in [7, 11) is 0. The van der Waals surface area contributed by atoms with E-state index >= 15 is 0 Å². The number of nitrogens with two attached hydrogens (primary N) is 1. The van der Waals surface area contributed by atoms with Gasteiger partial charge in [-0.2, -0.15) is 0 Å². The fourth-order valence-corrected chi connectivity index (χ4v) is 2.46. The van der Waals surface area contributed by atoms with Crippen molar-refractivity contribution in [2.45, 2.75) is 5.75 Å². The highest BCUT2D eigenvalue weighted by Gasteiger charge is 2.05. The van der Waals surface area contributed by atoms with E-state index in [0.29, 0.717) is 21.6 Å². The van der Waals surface area contributed by atoms with Crippen LogP contribution in [0.25, 0.3) is 0 Å². The molecular weight excluding hydrogens is 239 g/mol. The predicted octanol–water partition coefficient (Wildman–Crippen LogP) is 3.16. The molecule has 0 aliphatic heterocycles. The van der Waals surface area contributed by atoms with Crippen LogP contribution in [0.3, 0.4) is 0 Å². The second kappa shape index (κ2) is 5.49. The second-order valence-corrected chi connectivity index (χ2v) is 4.52. The minimum atomic E-state index is 0.165. The minimum absolute atomic E-state index is 0.165. The summed E-state index contributed by atoms with van der Waals surface area (Å²) in [4.78, 5) is 0. The Morgan fingerprint density at radius 2 is 1.93 bits per heavy atom. The first-order chi connectivity index (χ1) is 6.61. The first-order valence-corrected chi connectivity index (χ1v) is 5.86. The Hall–Kier alpha value is -0.380. The van der Waals surface area contributed by atoms with E-state index in [1.807, 2.05) is 6.07 Å². The van der Waals surface area contributed by atoms with Gasteiger partial charge in [0, 0.05) is 15.8 Å². The molecule has 14 heavy (non-hydrogen) atoms. The van der Waals surface area contributed by atoms with Crippen LogP contribution in [-0.2, 0) is 5.75 Å². The third-order valence-corrected chi connectivity index (χ3v) is 3.28. The molecule has 1 aromatic carbocycles. The molecule has 0 aromatic heterocycles. The summed E-state index contributed by atoms with van der Waals surface area (Å²) in [6.45, 7) is 0. The van der Waals surface area contributed by atoms with Gasteiger partial charge in [-0.15, -0.1) is 11.8 Å². The van der Waals surface area contributed by atoms with Crippen molar-refractivity contribution >= 4 is 40.8 Å². The highest BCUT2D eigenvalue weighted by molar-refractivity contribution is 7.99. The SMILES string of the molecule is N=C(N)CSCc1c(Cl)cccc1Cl. The highest BCUT2D eigenvalue weighted by atomic mass is 35.5. The van der Waals surface area contributed by atoms with Crippen molar-refractivity contribution in [2.24, 2.45) is 5.73 Å². The normalized spacial score (nSPS) is 10.1. The zero-order valence-corrected chi connectivity index (χ0v) is 9.72. The first-order valence-electron chi connectivity index (χ1n) is 3.95. The van der Waals surface area contributed by atoms with Crippen molar-refractivity contribution in [1.82, 2.24) is 0 Å². The molecular formula is C9H10Cl2N2S. The number of hydrogen-bond donors (Lipinski definition) is 2. The second-order valence-electron chi connectivity index (χ2n) is 2.72. The maximum absolute atomic E-state index is 7.06. The topological polar surface area (TPSA) is 49.9 Å². The molecule has 0 radical (unpaired) electrons. The third kappa shape index (κ3) is 3.40. The van der Waals surface area contributed by atoms with Crippen molar-refractivity contribution in [3.8, 4) is 0 Å². The van der Waals surface area contributed by atoms with E-state index in [1.54, 1.807) is 12.1 Å². The summed E-state index contributed by atoms with van der Waals surface area (Å²) >= 11 is 13.4. The van der Waals surface area contributed by atoms with Gasteiger partial charge < -0.3 is 5.73 Å². The van der Waals surface area contributed by atoms with Crippen LogP contribution >= 0.6 is 35.0 Å². The van der Waals surface area contributed by atoms with E-state index in [4.69, 9.17) is 34.3 Å². The Labute approximate surface area is 97.3 Å². The van der Waals surface area contributed by atoms with Crippen LogP contribution in [0.5, 0.6) is 0 Å². The summed E-state index contributed by atoms with van der Waals surface area (Å²) < 4.78 is 0. The standard InChI is InChI=1S/C9H10Cl2N2S/c10-7-2-1-3-8(11)6(7)4-14-5-9(12)13/h1-3H,4-5H2,(H3,12,13). The Bertz CT molecular complexity index is 321. The van der Waals surface area contributed by atoms with Gasteiger partial charge in [-0.25, -0.2) is 0 Å². The van der Waals surface area contributed by atoms with Crippen LogP contribution in [0.2, 0.25) is 10.0 Å². The first kappa shape index (κ1) is 11.7. The zero-order valence-electron chi connectivity index (χ0n) is 7.39. The van der Waals surface area contributed by atoms with Gasteiger partial charge in [-0.1, -0.05) is 29.3 Å². The molecule has 76 valence electrons. The molecule has 3 N–H and O–H groups in total. The number of thioether (sulfide) groups is 1. The lowest BCUT2D eigenvalue weighted by atomic mass is 10.2. The fourth-order valence-electron chi connectivity index (χ4n) is 0.933. The van der Waals surface area contributed by atoms with E-state index in [0.717, 1.165) is 5.56 Å². The summed E-state index contributed by atoms with van der Waals surface area (Å²) in [5.74, 6) is 1.35. The molecule has 0 fully saturated rings. The zero-order chi connectivity index (χ0) is 10.6. The van der Waals surface area contributed by atoms with Crippen LogP contribution in [0, 0.1) is 5.41 Å². The number of halogens is 2. The molecule has 0 aliphatic rings. The van der Waals surface area contributed by atoms with Gasteiger partial charge >= 0.3 is 0 Å². The van der Waals surface area contributed by atoms with Crippen LogP contribution in [-0.4, -0.2) is 11.6 Å². The lowest BCUT2D eigenvalue weighted by Gasteiger charge is -2.05. The van der Waals surface area contributed by atoms with Gasteiger partial charge in [0.05, 0.1) is 5.75 Å². The Morgan fingerprint density at radius 3 is 2.43 bits per heavy atom. The van der Waals surface area contributed by atoms with E-state index in [1.165, 1.54) is 11.8 Å². The van der Waals surface area contributed by atoms with Crippen LogP contribution in [0.15, 0.2) is 18.2 Å². The summed E-state index contributed by atoms with van der Waals surface area (Å²) in [6.07, 6.45) is 0. The largest absolute Gasteiger partial charge is 0.387 e. The number of nitrogens with one attached hydrogen (secondary N) is 1. The molecule has 0 amide bonds. The molecule has 2 nitrogen and oxygen atoms in total. The number of benzene rings is 1. The van der Waals surface area contributed by atoms with Gasteiger partial charge in [-0.3, -0.25) is 5.41 Å². The molecule has 0 atom stereocenters. The van der Waals surface area contributed by atoms with Crippen LogP contribution in [0.1, 0.15) is 5.56 Å². The van der Waals surface area contributed by atoms with Gasteiger partial charge in [0.15, 0.2) is 0 Å². The van der Waals surface area contributed by atoms with Crippen molar-refractivity contribution < 1.29 is 0 Å². The predicted molar refractivity (Wildman–Crippen MR) is 64.5 cm³/mol. The molecule has 1 rings (SSSR count). The lowest BCUT2D eigenvalue weighted by Crippen LogP contribution is -2.12. The van der Waals surface area contributed by atoms with Crippen LogP contribution in [0.4, 0.5) is 0 Å². The number of hydrogen-bond acceptors (Lipinski definition) is 2. The van der Waals surface area contributed by atoms with E-state index < -0.39 is 0 Å². The molecule has 0 saturated carbocycles. The molecule has 1 aromatic rings. The third-order valence-electron chi connectivity index (χ3n) is 1.57. The molecule has 0 unspecified atom stereocenters. The van der Waals surface area contributed by atoms with E-state index in [9.17, 15) is 0 Å². The lowest BCUT2D eigenvalue weighted by molar-refractivity contribution is 1.39. The number of amidine groups is 1. The van der Waals surface area contributed by atoms with Crippen molar-refractivity contribution in [3.05, 3.63) is 33.8 Å².